The number of hydrogen-bond donors (Lipinski definition) is 3. The van der Waals surface area contributed by atoms with Gasteiger partial charge in [0.2, 0.25) is 5.91 Å². The summed E-state index contributed by atoms with van der Waals surface area (Å²) in [6.45, 7) is 15.9. The molecule has 0 saturated carbocycles. The molecule has 1 amide bonds. The van der Waals surface area contributed by atoms with Gasteiger partial charge in [0.15, 0.2) is 0 Å². The molecule has 1 aromatic carbocycles. The van der Waals surface area contributed by atoms with Gasteiger partial charge in [-0.2, -0.15) is 0 Å². The van der Waals surface area contributed by atoms with Crippen molar-refractivity contribution in [2.24, 2.45) is 5.41 Å². The topological polar surface area (TPSA) is 70.4 Å². The fraction of sp³-hybridized carbons (Fsp3) is 0.591. The van der Waals surface area contributed by atoms with E-state index in [4.69, 9.17) is 5.73 Å². The second kappa shape index (κ2) is 10.4. The number of benzene rings is 1. The molecular formula is C22H38N4O. The van der Waals surface area contributed by atoms with Gasteiger partial charge in [-0.05, 0) is 43.0 Å². The van der Waals surface area contributed by atoms with E-state index in [9.17, 15) is 4.79 Å². The molecule has 0 bridgehead atoms. The van der Waals surface area contributed by atoms with E-state index in [1.165, 1.54) is 0 Å². The van der Waals surface area contributed by atoms with Crippen molar-refractivity contribution in [3.05, 3.63) is 42.1 Å². The molecule has 2 atom stereocenters. The maximum atomic E-state index is 13.0. The Balaban J connectivity index is 0.00000176. The van der Waals surface area contributed by atoms with Gasteiger partial charge in [0.05, 0.1) is 12.1 Å². The van der Waals surface area contributed by atoms with Crippen LogP contribution in [0.4, 0.5) is 5.69 Å². The predicted molar refractivity (Wildman–Crippen MR) is 115 cm³/mol. The Hall–Kier alpha value is -2.01. The van der Waals surface area contributed by atoms with Crippen LogP contribution in [0.5, 0.6) is 0 Å². The number of nitrogen functional groups attached to an aromatic ring is 1. The third-order valence-electron chi connectivity index (χ3n) is 4.81. The van der Waals surface area contributed by atoms with E-state index in [2.05, 4.69) is 38.0 Å². The van der Waals surface area contributed by atoms with Crippen LogP contribution in [-0.2, 0) is 11.3 Å². The second-order valence-corrected chi connectivity index (χ2v) is 7.90. The van der Waals surface area contributed by atoms with Crippen LogP contribution in [0.2, 0.25) is 0 Å². The van der Waals surface area contributed by atoms with Crippen LogP contribution in [0.1, 0.15) is 53.0 Å². The van der Waals surface area contributed by atoms with Crippen LogP contribution in [0.25, 0.3) is 0 Å². The zero-order chi connectivity index (χ0) is 20.6. The Morgan fingerprint density at radius 2 is 2.04 bits per heavy atom. The van der Waals surface area contributed by atoms with Gasteiger partial charge in [0, 0.05) is 24.5 Å². The van der Waals surface area contributed by atoms with Crippen LogP contribution < -0.4 is 16.4 Å². The maximum Gasteiger partial charge on any atom is 0.240 e. The molecule has 0 radical (unpaired) electrons. The lowest BCUT2D eigenvalue weighted by Crippen LogP contribution is -2.53. The lowest BCUT2D eigenvalue weighted by atomic mass is 9.85. The molecule has 1 fully saturated rings. The minimum absolute atomic E-state index is 0.0479. The Kier molecular flexibility index (Phi) is 8.83. The van der Waals surface area contributed by atoms with Gasteiger partial charge in [-0.3, -0.25) is 4.79 Å². The summed E-state index contributed by atoms with van der Waals surface area (Å²) in [5, 5.41) is 6.57. The molecule has 4 N–H and O–H groups in total. The number of hydrogen-bond acceptors (Lipinski definition) is 4. The van der Waals surface area contributed by atoms with Crippen molar-refractivity contribution < 1.29 is 4.79 Å². The molecule has 5 nitrogen and oxygen atoms in total. The Labute approximate surface area is 165 Å². The highest BCUT2D eigenvalue weighted by Gasteiger charge is 2.38. The zero-order valence-corrected chi connectivity index (χ0v) is 17.9. The van der Waals surface area contributed by atoms with Gasteiger partial charge in [-0.1, -0.05) is 53.3 Å². The summed E-state index contributed by atoms with van der Waals surface area (Å²) in [5.41, 5.74) is 8.46. The Bertz CT molecular complexity index is 621. The van der Waals surface area contributed by atoms with Gasteiger partial charge in [-0.25, -0.2) is 0 Å². The molecule has 2 unspecified atom stereocenters. The molecule has 1 saturated heterocycles. The smallest absolute Gasteiger partial charge is 0.240 e. The fourth-order valence-corrected chi connectivity index (χ4v) is 3.52. The van der Waals surface area contributed by atoms with Gasteiger partial charge in [0.1, 0.15) is 0 Å². The number of anilines is 1. The first-order valence-electron chi connectivity index (χ1n) is 9.99. The molecule has 152 valence electrons. The molecule has 2 rings (SSSR count). The molecule has 27 heavy (non-hydrogen) atoms. The van der Waals surface area contributed by atoms with E-state index in [-0.39, 0.29) is 23.4 Å². The average Bonchev–Trinajstić information content (AvgIpc) is 3.10. The van der Waals surface area contributed by atoms with E-state index in [1.54, 1.807) is 0 Å². The first kappa shape index (κ1) is 23.0. The minimum atomic E-state index is -0.199. The van der Waals surface area contributed by atoms with Crippen LogP contribution in [0.3, 0.4) is 0 Å². The van der Waals surface area contributed by atoms with E-state index in [1.807, 2.05) is 50.1 Å². The number of carbonyl (C=O) groups is 1. The lowest BCUT2D eigenvalue weighted by Gasteiger charge is -2.35. The van der Waals surface area contributed by atoms with Gasteiger partial charge >= 0.3 is 0 Å². The van der Waals surface area contributed by atoms with Crippen LogP contribution in [0, 0.1) is 5.41 Å². The number of nitrogens with two attached hydrogens (primary N) is 1. The molecule has 1 aliphatic heterocycles. The maximum absolute atomic E-state index is 13.0. The fourth-order valence-electron chi connectivity index (χ4n) is 3.52. The monoisotopic (exact) mass is 374 g/mol. The summed E-state index contributed by atoms with van der Waals surface area (Å²) in [6.07, 6.45) is 1.96. The molecule has 1 heterocycles. The summed E-state index contributed by atoms with van der Waals surface area (Å²) < 4.78 is 0. The molecule has 5 heteroatoms. The van der Waals surface area contributed by atoms with Crippen molar-refractivity contribution in [1.82, 2.24) is 15.5 Å². The van der Waals surface area contributed by atoms with Crippen LogP contribution >= 0.6 is 0 Å². The summed E-state index contributed by atoms with van der Waals surface area (Å²) in [6, 6.07) is 7.66. The number of likely N-dealkylation sites (N-methyl/N-ethyl adjacent to an activating group) is 1. The lowest BCUT2D eigenvalue weighted by molar-refractivity contribution is -0.136. The summed E-state index contributed by atoms with van der Waals surface area (Å²) >= 11 is 0. The number of likely N-dealkylation sites (tertiary alicyclic amines) is 1. The number of carbonyl (C=O) groups excluding carboxylic acids is 1. The van der Waals surface area contributed by atoms with Gasteiger partial charge in [0.25, 0.3) is 0 Å². The number of nitrogens with one attached hydrogen (secondary N) is 2. The minimum Gasteiger partial charge on any atom is -0.399 e. The molecule has 0 aliphatic carbocycles. The Morgan fingerprint density at radius 1 is 1.37 bits per heavy atom. The van der Waals surface area contributed by atoms with E-state index < -0.39 is 0 Å². The molecule has 0 spiro atoms. The number of rotatable bonds is 6. The van der Waals surface area contributed by atoms with Crippen molar-refractivity contribution in [1.29, 1.82) is 0 Å². The van der Waals surface area contributed by atoms with Crippen molar-refractivity contribution in [2.45, 2.75) is 66.1 Å². The summed E-state index contributed by atoms with van der Waals surface area (Å²) in [5.74, 6) is 0.157. The van der Waals surface area contributed by atoms with Crippen LogP contribution in [0.15, 0.2) is 36.5 Å². The SMILES string of the molecule is C=C(NCc1cccc(N)c1)C1CCCN1C(=O)C(NC)C(C)(C)C.CC. The van der Waals surface area contributed by atoms with Crippen molar-refractivity contribution >= 4 is 11.6 Å². The van der Waals surface area contributed by atoms with Gasteiger partial charge in [-0.15, -0.1) is 0 Å². The summed E-state index contributed by atoms with van der Waals surface area (Å²) in [4.78, 5) is 15.0. The van der Waals surface area contributed by atoms with Crippen LogP contribution in [-0.4, -0.2) is 36.5 Å². The van der Waals surface area contributed by atoms with Crippen molar-refractivity contribution in [3.63, 3.8) is 0 Å². The highest BCUT2D eigenvalue weighted by atomic mass is 16.2. The highest BCUT2D eigenvalue weighted by molar-refractivity contribution is 5.83. The van der Waals surface area contributed by atoms with E-state index in [0.29, 0.717) is 6.54 Å². The second-order valence-electron chi connectivity index (χ2n) is 7.90. The third-order valence-corrected chi connectivity index (χ3v) is 4.81. The third kappa shape index (κ3) is 6.28. The highest BCUT2D eigenvalue weighted by Crippen LogP contribution is 2.27. The number of amides is 1. The van der Waals surface area contributed by atoms with E-state index >= 15 is 0 Å². The van der Waals surface area contributed by atoms with Crippen molar-refractivity contribution in [3.8, 4) is 0 Å². The zero-order valence-electron chi connectivity index (χ0n) is 17.9. The normalized spacial score (nSPS) is 17.7. The number of nitrogens with zero attached hydrogens (tertiary/aromatic N) is 1. The first-order valence-corrected chi connectivity index (χ1v) is 9.99. The molecule has 1 aliphatic rings. The molecule has 0 aromatic heterocycles. The van der Waals surface area contributed by atoms with Crippen molar-refractivity contribution in [2.75, 3.05) is 19.3 Å². The molecule has 1 aromatic rings. The summed E-state index contributed by atoms with van der Waals surface area (Å²) in [7, 11) is 1.85. The largest absolute Gasteiger partial charge is 0.399 e. The predicted octanol–water partition coefficient (Wildman–Crippen LogP) is 3.52. The van der Waals surface area contributed by atoms with Gasteiger partial charge < -0.3 is 21.3 Å². The standard InChI is InChI=1S/C20H32N4O.C2H6/c1-14(23-13-15-8-6-9-16(21)12-15)17-10-7-11-24(17)19(25)18(22-5)20(2,3)4;1-2/h6,8-9,12,17-18,22-23H,1,7,10-11,13,21H2,2-5H3;1-2H3. The quantitative estimate of drug-likeness (QED) is 0.666. The Morgan fingerprint density at radius 3 is 2.59 bits per heavy atom. The van der Waals surface area contributed by atoms with E-state index in [0.717, 1.165) is 36.3 Å². The molecular weight excluding hydrogens is 336 g/mol. The average molecular weight is 375 g/mol. The first-order chi connectivity index (χ1) is 12.7.